The molecule has 1 aliphatic carbocycles. The number of halogens is 1. The molecule has 1 saturated carbocycles. The number of rotatable bonds is 1. The van der Waals surface area contributed by atoms with Gasteiger partial charge in [-0.05, 0) is 24.1 Å². The molecule has 11 heavy (non-hydrogen) atoms. The highest BCUT2D eigenvalue weighted by atomic mass is 19.1. The molecular weight excluding hydrogens is 141 g/mol. The van der Waals surface area contributed by atoms with Crippen LogP contribution in [0.4, 0.5) is 4.39 Å². The second-order valence-electron chi connectivity index (χ2n) is 3.06. The second kappa shape index (κ2) is 2.31. The normalized spacial score (nSPS) is 28.5. The van der Waals surface area contributed by atoms with E-state index >= 15 is 0 Å². The Kier molecular flexibility index (Phi) is 1.43. The van der Waals surface area contributed by atoms with Crippen LogP contribution in [-0.4, -0.2) is 6.04 Å². The Morgan fingerprint density at radius 3 is 2.27 bits per heavy atom. The largest absolute Gasteiger partial charge is 0.327 e. The van der Waals surface area contributed by atoms with Gasteiger partial charge in [-0.25, -0.2) is 4.39 Å². The first kappa shape index (κ1) is 6.80. The van der Waals surface area contributed by atoms with Gasteiger partial charge in [0.1, 0.15) is 5.82 Å². The SMILES string of the molecule is N[C@@H]1CC1c1ccc(F)cc1. The fourth-order valence-corrected chi connectivity index (χ4v) is 1.31. The van der Waals surface area contributed by atoms with E-state index in [2.05, 4.69) is 0 Å². The summed E-state index contributed by atoms with van der Waals surface area (Å²) in [6.45, 7) is 0. The summed E-state index contributed by atoms with van der Waals surface area (Å²) in [6, 6.07) is 6.90. The molecule has 1 nitrogen and oxygen atoms in total. The average molecular weight is 151 g/mol. The molecule has 1 unspecified atom stereocenters. The van der Waals surface area contributed by atoms with Gasteiger partial charge >= 0.3 is 0 Å². The molecule has 58 valence electrons. The average Bonchev–Trinajstić information content (AvgIpc) is 2.69. The summed E-state index contributed by atoms with van der Waals surface area (Å²) in [5.74, 6) is 0.304. The second-order valence-corrected chi connectivity index (χ2v) is 3.06. The predicted octanol–water partition coefficient (Wildman–Crippen LogP) is 1.64. The number of benzene rings is 1. The molecule has 1 aromatic rings. The van der Waals surface area contributed by atoms with Crippen molar-refractivity contribution in [2.75, 3.05) is 0 Å². The van der Waals surface area contributed by atoms with Crippen LogP contribution in [0, 0.1) is 5.82 Å². The van der Waals surface area contributed by atoms with E-state index in [1.165, 1.54) is 17.7 Å². The van der Waals surface area contributed by atoms with Crippen LogP contribution in [-0.2, 0) is 0 Å². The Balaban J connectivity index is 2.21. The highest BCUT2D eigenvalue weighted by Gasteiger charge is 2.34. The van der Waals surface area contributed by atoms with Crippen molar-refractivity contribution in [1.29, 1.82) is 0 Å². The molecule has 2 heteroatoms. The molecule has 0 heterocycles. The van der Waals surface area contributed by atoms with Gasteiger partial charge in [0.05, 0.1) is 0 Å². The van der Waals surface area contributed by atoms with Gasteiger partial charge in [0, 0.05) is 12.0 Å². The van der Waals surface area contributed by atoms with Gasteiger partial charge in [-0.1, -0.05) is 12.1 Å². The monoisotopic (exact) mass is 151 g/mol. The van der Waals surface area contributed by atoms with Gasteiger partial charge in [0.15, 0.2) is 0 Å². The quantitative estimate of drug-likeness (QED) is 0.648. The van der Waals surface area contributed by atoms with E-state index < -0.39 is 0 Å². The highest BCUT2D eigenvalue weighted by molar-refractivity contribution is 5.27. The lowest BCUT2D eigenvalue weighted by Crippen LogP contribution is -2.00. The van der Waals surface area contributed by atoms with Crippen LogP contribution in [0.5, 0.6) is 0 Å². The molecule has 0 radical (unpaired) electrons. The van der Waals surface area contributed by atoms with Crippen molar-refractivity contribution in [1.82, 2.24) is 0 Å². The molecule has 0 aromatic heterocycles. The van der Waals surface area contributed by atoms with Gasteiger partial charge in [-0.15, -0.1) is 0 Å². The molecule has 0 saturated heterocycles. The summed E-state index contributed by atoms with van der Waals surface area (Å²) in [5.41, 5.74) is 6.81. The topological polar surface area (TPSA) is 26.0 Å². The van der Waals surface area contributed by atoms with E-state index in [-0.39, 0.29) is 5.82 Å². The van der Waals surface area contributed by atoms with Crippen LogP contribution in [0.3, 0.4) is 0 Å². The first-order valence-electron chi connectivity index (χ1n) is 3.78. The van der Waals surface area contributed by atoms with Crippen LogP contribution in [0.2, 0.25) is 0 Å². The third-order valence-electron chi connectivity index (χ3n) is 2.14. The summed E-state index contributed by atoms with van der Waals surface area (Å²) < 4.78 is 12.4. The van der Waals surface area contributed by atoms with E-state index in [0.29, 0.717) is 12.0 Å². The molecule has 0 bridgehead atoms. The molecule has 1 aromatic carbocycles. The fraction of sp³-hybridized carbons (Fsp3) is 0.333. The van der Waals surface area contributed by atoms with Crippen molar-refractivity contribution in [2.24, 2.45) is 5.73 Å². The summed E-state index contributed by atoms with van der Waals surface area (Å²) in [7, 11) is 0. The van der Waals surface area contributed by atoms with Crippen molar-refractivity contribution < 1.29 is 4.39 Å². The maximum atomic E-state index is 12.4. The van der Waals surface area contributed by atoms with Crippen LogP contribution in [0.25, 0.3) is 0 Å². The zero-order chi connectivity index (χ0) is 7.84. The molecule has 2 N–H and O–H groups in total. The highest BCUT2D eigenvalue weighted by Crippen LogP contribution is 2.38. The van der Waals surface area contributed by atoms with E-state index in [1.807, 2.05) is 12.1 Å². The molecule has 1 aliphatic rings. The third kappa shape index (κ3) is 1.26. The zero-order valence-corrected chi connectivity index (χ0v) is 6.13. The fourth-order valence-electron chi connectivity index (χ4n) is 1.31. The number of nitrogens with two attached hydrogens (primary N) is 1. The van der Waals surface area contributed by atoms with Gasteiger partial charge in [-0.3, -0.25) is 0 Å². The lowest BCUT2D eigenvalue weighted by Gasteiger charge is -1.96. The minimum absolute atomic E-state index is 0.178. The number of hydrogen-bond donors (Lipinski definition) is 1. The van der Waals surface area contributed by atoms with Crippen LogP contribution in [0.15, 0.2) is 24.3 Å². The van der Waals surface area contributed by atoms with Gasteiger partial charge in [0.25, 0.3) is 0 Å². The molecule has 0 amide bonds. The Morgan fingerprint density at radius 1 is 1.27 bits per heavy atom. The molecule has 2 rings (SSSR count). The Morgan fingerprint density at radius 2 is 1.82 bits per heavy atom. The van der Waals surface area contributed by atoms with Crippen molar-refractivity contribution in [2.45, 2.75) is 18.4 Å². The summed E-state index contributed by atoms with van der Waals surface area (Å²) in [5, 5.41) is 0. The Hall–Kier alpha value is -0.890. The van der Waals surface area contributed by atoms with Gasteiger partial charge in [-0.2, -0.15) is 0 Å². The Labute approximate surface area is 65.0 Å². The minimum atomic E-state index is -0.178. The van der Waals surface area contributed by atoms with Crippen molar-refractivity contribution in [3.63, 3.8) is 0 Å². The molecule has 0 spiro atoms. The maximum Gasteiger partial charge on any atom is 0.123 e. The predicted molar refractivity (Wildman–Crippen MR) is 41.7 cm³/mol. The lowest BCUT2D eigenvalue weighted by molar-refractivity contribution is 0.627. The standard InChI is InChI=1S/C9H10FN/c10-7-3-1-6(2-4-7)8-5-9(8)11/h1-4,8-9H,5,11H2/t8?,9-/m1/s1. The summed E-state index contributed by atoms with van der Waals surface area (Å²) in [4.78, 5) is 0. The molecule has 1 fully saturated rings. The molecular formula is C9H10FN. The van der Waals surface area contributed by atoms with E-state index in [4.69, 9.17) is 5.73 Å². The van der Waals surface area contributed by atoms with E-state index in [0.717, 1.165) is 6.42 Å². The van der Waals surface area contributed by atoms with Crippen molar-refractivity contribution >= 4 is 0 Å². The Bertz CT molecular complexity index is 255. The smallest absolute Gasteiger partial charge is 0.123 e. The van der Waals surface area contributed by atoms with Gasteiger partial charge < -0.3 is 5.73 Å². The summed E-state index contributed by atoms with van der Waals surface area (Å²) in [6.07, 6.45) is 1.05. The van der Waals surface area contributed by atoms with Gasteiger partial charge in [0.2, 0.25) is 0 Å². The first-order chi connectivity index (χ1) is 5.27. The van der Waals surface area contributed by atoms with Crippen molar-refractivity contribution in [3.05, 3.63) is 35.6 Å². The van der Waals surface area contributed by atoms with Crippen LogP contribution >= 0.6 is 0 Å². The maximum absolute atomic E-state index is 12.4. The van der Waals surface area contributed by atoms with Crippen LogP contribution < -0.4 is 5.73 Å². The van der Waals surface area contributed by atoms with E-state index in [1.54, 1.807) is 0 Å². The van der Waals surface area contributed by atoms with Crippen molar-refractivity contribution in [3.8, 4) is 0 Å². The number of hydrogen-bond acceptors (Lipinski definition) is 1. The first-order valence-corrected chi connectivity index (χ1v) is 3.78. The van der Waals surface area contributed by atoms with Crippen LogP contribution in [0.1, 0.15) is 17.9 Å². The summed E-state index contributed by atoms with van der Waals surface area (Å²) >= 11 is 0. The third-order valence-corrected chi connectivity index (χ3v) is 2.14. The van der Waals surface area contributed by atoms with E-state index in [9.17, 15) is 4.39 Å². The minimum Gasteiger partial charge on any atom is -0.327 e. The lowest BCUT2D eigenvalue weighted by atomic mass is 10.1. The zero-order valence-electron chi connectivity index (χ0n) is 6.13. The molecule has 2 atom stereocenters. The molecule has 0 aliphatic heterocycles.